The number of aryl methyl sites for hydroxylation is 1. The van der Waals surface area contributed by atoms with Gasteiger partial charge < -0.3 is 10.2 Å². The number of carboxylic acid groups (broad SMARTS) is 1. The van der Waals surface area contributed by atoms with Gasteiger partial charge in [0.1, 0.15) is 0 Å². The van der Waals surface area contributed by atoms with Gasteiger partial charge in [0, 0.05) is 0 Å². The highest BCUT2D eigenvalue weighted by Crippen LogP contribution is 2.40. The Balaban J connectivity index is 2.30. The average Bonchev–Trinajstić information content (AvgIpc) is 2.40. The summed E-state index contributed by atoms with van der Waals surface area (Å²) in [7, 11) is 0. The van der Waals surface area contributed by atoms with Crippen molar-refractivity contribution >= 4 is 5.97 Å². The smallest absolute Gasteiger partial charge is 0.306 e. The van der Waals surface area contributed by atoms with Crippen LogP contribution in [0, 0.1) is 13.8 Å². The molecule has 0 fully saturated rings. The molecule has 1 aromatic rings. The molecule has 0 amide bonds. The summed E-state index contributed by atoms with van der Waals surface area (Å²) >= 11 is 0. The van der Waals surface area contributed by atoms with Crippen LogP contribution in [0.4, 0.5) is 0 Å². The van der Waals surface area contributed by atoms with Crippen LogP contribution in [-0.4, -0.2) is 21.8 Å². The SMILES string of the molecule is Cc1c(CC[C@](C)(O)CC(=O)O)cc2c(c1C)CCCC2(C)C. The fourth-order valence-corrected chi connectivity index (χ4v) is 3.88. The predicted octanol–water partition coefficient (Wildman–Crippen LogP) is 4.08. The molecule has 0 spiro atoms. The quantitative estimate of drug-likeness (QED) is 0.860. The molecular weight excluding hydrogens is 288 g/mol. The Hall–Kier alpha value is -1.35. The maximum absolute atomic E-state index is 10.9. The third-order valence-corrected chi connectivity index (χ3v) is 5.56. The summed E-state index contributed by atoms with van der Waals surface area (Å²) in [6.45, 7) is 10.6. The Labute approximate surface area is 139 Å². The van der Waals surface area contributed by atoms with E-state index in [2.05, 4.69) is 33.8 Å². The Morgan fingerprint density at radius 2 is 1.96 bits per heavy atom. The van der Waals surface area contributed by atoms with Crippen LogP contribution in [0.5, 0.6) is 0 Å². The minimum atomic E-state index is -1.16. The number of carboxylic acids is 1. The van der Waals surface area contributed by atoms with Crippen molar-refractivity contribution < 1.29 is 15.0 Å². The van der Waals surface area contributed by atoms with Gasteiger partial charge in [0.15, 0.2) is 0 Å². The minimum Gasteiger partial charge on any atom is -0.481 e. The molecule has 0 aliphatic heterocycles. The highest BCUT2D eigenvalue weighted by atomic mass is 16.4. The van der Waals surface area contributed by atoms with E-state index in [1.807, 2.05) is 0 Å². The molecule has 2 rings (SSSR count). The molecule has 0 unspecified atom stereocenters. The van der Waals surface area contributed by atoms with E-state index in [-0.39, 0.29) is 11.8 Å². The zero-order valence-corrected chi connectivity index (χ0v) is 15.1. The van der Waals surface area contributed by atoms with Gasteiger partial charge in [-0.2, -0.15) is 0 Å². The number of aliphatic hydroxyl groups is 1. The molecule has 23 heavy (non-hydrogen) atoms. The van der Waals surface area contributed by atoms with Crippen LogP contribution < -0.4 is 0 Å². The second-order valence-electron chi connectivity index (χ2n) is 8.12. The summed E-state index contributed by atoms with van der Waals surface area (Å²) < 4.78 is 0. The van der Waals surface area contributed by atoms with Crippen LogP contribution in [0.1, 0.15) is 74.3 Å². The topological polar surface area (TPSA) is 57.5 Å². The van der Waals surface area contributed by atoms with Crippen molar-refractivity contribution in [2.75, 3.05) is 0 Å². The maximum Gasteiger partial charge on any atom is 0.306 e. The lowest BCUT2D eigenvalue weighted by molar-refractivity contribution is -0.142. The molecule has 0 saturated carbocycles. The first kappa shape index (κ1) is 18.0. The largest absolute Gasteiger partial charge is 0.481 e. The van der Waals surface area contributed by atoms with Gasteiger partial charge in [-0.1, -0.05) is 19.9 Å². The van der Waals surface area contributed by atoms with E-state index in [1.54, 1.807) is 6.92 Å². The standard InChI is InChI=1S/C20H30O3/c1-13-14(2)16-7-6-9-19(3,4)17(16)11-15(13)8-10-20(5,23)12-18(21)22/h11,23H,6-10,12H2,1-5H3,(H,21,22)/t20-/m0/s1. The Bertz CT molecular complexity index is 612. The second-order valence-corrected chi connectivity index (χ2v) is 8.12. The summed E-state index contributed by atoms with van der Waals surface area (Å²) in [6, 6.07) is 2.31. The molecule has 0 bridgehead atoms. The molecule has 0 aromatic heterocycles. The highest BCUT2D eigenvalue weighted by Gasteiger charge is 2.30. The van der Waals surface area contributed by atoms with Gasteiger partial charge in [-0.3, -0.25) is 4.79 Å². The van der Waals surface area contributed by atoms with Crippen molar-refractivity contribution in [3.63, 3.8) is 0 Å². The zero-order chi connectivity index (χ0) is 17.4. The van der Waals surface area contributed by atoms with Gasteiger partial charge in [-0.25, -0.2) is 0 Å². The lowest BCUT2D eigenvalue weighted by atomic mass is 9.70. The predicted molar refractivity (Wildman–Crippen MR) is 93.1 cm³/mol. The fourth-order valence-electron chi connectivity index (χ4n) is 3.88. The van der Waals surface area contributed by atoms with Gasteiger partial charge in [-0.15, -0.1) is 0 Å². The Morgan fingerprint density at radius 1 is 1.30 bits per heavy atom. The van der Waals surface area contributed by atoms with E-state index in [0.717, 1.165) is 12.8 Å². The molecule has 2 N–H and O–H groups in total. The van der Waals surface area contributed by atoms with Crippen molar-refractivity contribution in [1.82, 2.24) is 0 Å². The molecular formula is C20H30O3. The Morgan fingerprint density at radius 3 is 2.57 bits per heavy atom. The normalized spacial score (nSPS) is 19.0. The fraction of sp³-hybridized carbons (Fsp3) is 0.650. The average molecular weight is 318 g/mol. The van der Waals surface area contributed by atoms with Gasteiger partial charge >= 0.3 is 5.97 Å². The molecule has 128 valence electrons. The van der Waals surface area contributed by atoms with Crippen molar-refractivity contribution in [1.29, 1.82) is 0 Å². The van der Waals surface area contributed by atoms with E-state index < -0.39 is 11.6 Å². The van der Waals surface area contributed by atoms with Crippen molar-refractivity contribution in [2.24, 2.45) is 0 Å². The van der Waals surface area contributed by atoms with Crippen molar-refractivity contribution in [3.05, 3.63) is 33.9 Å². The third-order valence-electron chi connectivity index (χ3n) is 5.56. The van der Waals surface area contributed by atoms with Crippen LogP contribution in [0.3, 0.4) is 0 Å². The lowest BCUT2D eigenvalue weighted by Gasteiger charge is -2.35. The number of benzene rings is 1. The molecule has 1 aliphatic carbocycles. The Kier molecular flexibility index (Phi) is 4.91. The maximum atomic E-state index is 10.9. The summed E-state index contributed by atoms with van der Waals surface area (Å²) in [5, 5.41) is 19.2. The molecule has 3 heteroatoms. The molecule has 0 saturated heterocycles. The molecule has 1 atom stereocenters. The van der Waals surface area contributed by atoms with Crippen LogP contribution in [0.25, 0.3) is 0 Å². The van der Waals surface area contributed by atoms with Gasteiger partial charge in [0.25, 0.3) is 0 Å². The lowest BCUT2D eigenvalue weighted by Crippen LogP contribution is -2.29. The molecule has 0 heterocycles. The van der Waals surface area contributed by atoms with Crippen LogP contribution >= 0.6 is 0 Å². The number of fused-ring (bicyclic) bond motifs is 1. The third kappa shape index (κ3) is 3.95. The minimum absolute atomic E-state index is 0.199. The number of hydrogen-bond acceptors (Lipinski definition) is 2. The zero-order valence-electron chi connectivity index (χ0n) is 15.1. The van der Waals surface area contributed by atoms with E-state index in [4.69, 9.17) is 5.11 Å². The molecule has 0 radical (unpaired) electrons. The monoisotopic (exact) mass is 318 g/mol. The number of hydrogen-bond donors (Lipinski definition) is 2. The van der Waals surface area contributed by atoms with E-state index in [9.17, 15) is 9.90 Å². The first-order valence-electron chi connectivity index (χ1n) is 8.60. The van der Waals surface area contributed by atoms with E-state index in [1.165, 1.54) is 40.7 Å². The van der Waals surface area contributed by atoms with E-state index in [0.29, 0.717) is 6.42 Å². The van der Waals surface area contributed by atoms with E-state index >= 15 is 0 Å². The van der Waals surface area contributed by atoms with Crippen LogP contribution in [0.2, 0.25) is 0 Å². The molecule has 1 aliphatic rings. The number of carbonyl (C=O) groups is 1. The molecule has 3 nitrogen and oxygen atoms in total. The summed E-state index contributed by atoms with van der Waals surface area (Å²) in [5.74, 6) is -0.950. The van der Waals surface area contributed by atoms with Gasteiger partial charge in [0.2, 0.25) is 0 Å². The summed E-state index contributed by atoms with van der Waals surface area (Å²) in [5.41, 5.74) is 5.92. The molecule has 1 aromatic carbocycles. The van der Waals surface area contributed by atoms with Crippen LogP contribution in [-0.2, 0) is 23.1 Å². The highest BCUT2D eigenvalue weighted by molar-refractivity contribution is 5.68. The van der Waals surface area contributed by atoms with Crippen molar-refractivity contribution in [2.45, 2.75) is 84.2 Å². The van der Waals surface area contributed by atoms with Crippen molar-refractivity contribution in [3.8, 4) is 0 Å². The number of aliphatic carboxylic acids is 1. The second kappa shape index (κ2) is 6.27. The first-order chi connectivity index (χ1) is 10.5. The summed E-state index contributed by atoms with van der Waals surface area (Å²) in [6.07, 6.45) is 4.59. The first-order valence-corrected chi connectivity index (χ1v) is 8.60. The van der Waals surface area contributed by atoms with Gasteiger partial charge in [0.05, 0.1) is 12.0 Å². The van der Waals surface area contributed by atoms with Crippen LogP contribution in [0.15, 0.2) is 6.07 Å². The van der Waals surface area contributed by atoms with Gasteiger partial charge in [-0.05, 0) is 86.1 Å². The summed E-state index contributed by atoms with van der Waals surface area (Å²) in [4.78, 5) is 10.9. The number of rotatable bonds is 5.